The zero-order valence-corrected chi connectivity index (χ0v) is 25.7. The quantitative estimate of drug-likeness (QED) is 0.192. The molecule has 0 radical (unpaired) electrons. The van der Waals surface area contributed by atoms with Crippen molar-refractivity contribution >= 4 is 49.0 Å². The summed E-state index contributed by atoms with van der Waals surface area (Å²) in [7, 11) is 0. The van der Waals surface area contributed by atoms with Crippen LogP contribution >= 0.6 is 11.3 Å². The summed E-state index contributed by atoms with van der Waals surface area (Å²) in [5.41, 5.74) is 6.11. The fourth-order valence-electron chi connectivity index (χ4n) is 6.82. The van der Waals surface area contributed by atoms with Crippen LogP contribution in [0.15, 0.2) is 45.6 Å². The molecular weight excluding hydrogens is 526 g/mol. The van der Waals surface area contributed by atoms with Gasteiger partial charge in [-0.1, -0.05) is 72.7 Å². The first-order valence-corrected chi connectivity index (χ1v) is 15.3. The normalized spacial score (nSPS) is 17.7. The number of anilines is 1. The van der Waals surface area contributed by atoms with Gasteiger partial charge in [0.15, 0.2) is 0 Å². The number of aromatic nitrogens is 1. The summed E-state index contributed by atoms with van der Waals surface area (Å²) in [6, 6.07) is 15.2. The van der Waals surface area contributed by atoms with Gasteiger partial charge in [0.2, 0.25) is 0 Å². The second-order valence-corrected chi connectivity index (χ2v) is 15.1. The van der Waals surface area contributed by atoms with E-state index in [4.69, 9.17) is 9.40 Å². The van der Waals surface area contributed by atoms with Crippen molar-refractivity contribution in [3.8, 4) is 16.6 Å². The molecule has 0 spiro atoms. The Balaban J connectivity index is 1.52. The van der Waals surface area contributed by atoms with Crippen molar-refractivity contribution in [2.75, 3.05) is 18.0 Å². The van der Waals surface area contributed by atoms with Gasteiger partial charge in [0.1, 0.15) is 22.2 Å². The number of thiazole rings is 1. The predicted molar refractivity (Wildman–Crippen MR) is 170 cm³/mol. The highest BCUT2D eigenvalue weighted by Gasteiger charge is 2.42. The van der Waals surface area contributed by atoms with Gasteiger partial charge < -0.3 is 9.32 Å². The van der Waals surface area contributed by atoms with Crippen molar-refractivity contribution in [1.82, 2.24) is 4.98 Å². The highest BCUT2D eigenvalue weighted by atomic mass is 32.1. The fourth-order valence-corrected chi connectivity index (χ4v) is 7.96. The summed E-state index contributed by atoms with van der Waals surface area (Å²) in [5.74, 6) is 0. The van der Waals surface area contributed by atoms with Crippen LogP contribution in [-0.2, 0) is 16.2 Å². The Kier molecular flexibility index (Phi) is 5.39. The molecule has 0 fully saturated rings. The van der Waals surface area contributed by atoms with Gasteiger partial charge in [-0.3, -0.25) is 0 Å². The van der Waals surface area contributed by atoms with E-state index < -0.39 is 5.63 Å². The van der Waals surface area contributed by atoms with Crippen molar-refractivity contribution in [1.29, 1.82) is 5.26 Å². The van der Waals surface area contributed by atoms with Gasteiger partial charge in [0.25, 0.3) is 0 Å². The zero-order chi connectivity index (χ0) is 29.1. The summed E-state index contributed by atoms with van der Waals surface area (Å²) >= 11 is 1.46. The molecule has 5 nitrogen and oxygen atoms in total. The summed E-state index contributed by atoms with van der Waals surface area (Å²) in [5, 5.41) is 14.1. The Morgan fingerprint density at radius 1 is 1.00 bits per heavy atom. The molecule has 0 unspecified atom stereocenters. The molecule has 0 atom stereocenters. The third kappa shape index (κ3) is 3.78. The highest BCUT2D eigenvalue weighted by molar-refractivity contribution is 7.22. The van der Waals surface area contributed by atoms with Crippen LogP contribution in [0.1, 0.15) is 83.6 Å². The average molecular weight is 562 g/mol. The van der Waals surface area contributed by atoms with Gasteiger partial charge in [0.05, 0.1) is 15.8 Å². The van der Waals surface area contributed by atoms with Crippen LogP contribution in [0.25, 0.3) is 42.5 Å². The number of nitrogens with zero attached hydrogens (tertiary/aromatic N) is 3. The van der Waals surface area contributed by atoms with Crippen molar-refractivity contribution in [3.05, 3.63) is 69.1 Å². The SMILES string of the molecule is CC(C)(C)c1ccc2c(ccc3nc(-c4c(C#N)c5cc6c7c(c5oc4=O)C(C)(C)CCN7CCC6(C)C)sc32)c1. The maximum atomic E-state index is 13.8. The molecule has 208 valence electrons. The fraction of sp³-hybridized carbons (Fsp3) is 0.400. The maximum absolute atomic E-state index is 13.8. The van der Waals surface area contributed by atoms with Crippen molar-refractivity contribution in [3.63, 3.8) is 0 Å². The Morgan fingerprint density at radius 2 is 1.73 bits per heavy atom. The molecule has 0 bridgehead atoms. The summed E-state index contributed by atoms with van der Waals surface area (Å²) < 4.78 is 7.25. The van der Waals surface area contributed by atoms with Crippen LogP contribution in [0.5, 0.6) is 0 Å². The van der Waals surface area contributed by atoms with Crippen molar-refractivity contribution in [2.24, 2.45) is 0 Å². The lowest BCUT2D eigenvalue weighted by Gasteiger charge is -2.48. The lowest BCUT2D eigenvalue weighted by molar-refractivity contribution is 0.398. The van der Waals surface area contributed by atoms with Gasteiger partial charge in [-0.15, -0.1) is 11.3 Å². The van der Waals surface area contributed by atoms with E-state index in [1.165, 1.54) is 28.2 Å². The Bertz CT molecular complexity index is 2030. The second kappa shape index (κ2) is 8.42. The topological polar surface area (TPSA) is 70.1 Å². The molecule has 3 aromatic carbocycles. The smallest absolute Gasteiger partial charge is 0.348 e. The molecule has 2 aliphatic rings. The molecule has 2 aromatic heterocycles. The Labute approximate surface area is 244 Å². The molecule has 41 heavy (non-hydrogen) atoms. The van der Waals surface area contributed by atoms with Crippen molar-refractivity contribution in [2.45, 2.75) is 77.6 Å². The van der Waals surface area contributed by atoms with Gasteiger partial charge in [-0.2, -0.15) is 5.26 Å². The third-order valence-corrected chi connectivity index (χ3v) is 10.6. The lowest BCUT2D eigenvalue weighted by atomic mass is 9.69. The number of nitriles is 1. The monoisotopic (exact) mass is 561 g/mol. The largest absolute Gasteiger partial charge is 0.422 e. The highest BCUT2D eigenvalue weighted by Crippen LogP contribution is 2.52. The minimum atomic E-state index is -0.494. The number of rotatable bonds is 1. The van der Waals surface area contributed by atoms with Gasteiger partial charge >= 0.3 is 5.63 Å². The van der Waals surface area contributed by atoms with E-state index in [0.29, 0.717) is 16.2 Å². The first-order chi connectivity index (χ1) is 19.3. The number of hydrogen-bond acceptors (Lipinski definition) is 6. The third-order valence-electron chi connectivity index (χ3n) is 9.47. The Morgan fingerprint density at radius 3 is 2.44 bits per heavy atom. The maximum Gasteiger partial charge on any atom is 0.348 e. The Hall–Kier alpha value is -3.69. The minimum absolute atomic E-state index is 0.0481. The number of benzene rings is 3. The van der Waals surface area contributed by atoms with Crippen LogP contribution in [0.3, 0.4) is 0 Å². The van der Waals surface area contributed by atoms with E-state index >= 15 is 0 Å². The minimum Gasteiger partial charge on any atom is -0.422 e. The van der Waals surface area contributed by atoms with E-state index in [2.05, 4.69) is 89.8 Å². The second-order valence-electron chi connectivity index (χ2n) is 14.1. The zero-order valence-electron chi connectivity index (χ0n) is 24.9. The molecule has 0 saturated heterocycles. The van der Waals surface area contributed by atoms with Crippen LogP contribution in [-0.4, -0.2) is 18.1 Å². The molecule has 0 saturated carbocycles. The molecule has 5 aromatic rings. The number of fused-ring (bicyclic) bond motifs is 5. The van der Waals surface area contributed by atoms with Crippen molar-refractivity contribution < 1.29 is 4.42 Å². The predicted octanol–water partition coefficient (Wildman–Crippen LogP) is 8.56. The first-order valence-electron chi connectivity index (χ1n) is 14.5. The summed E-state index contributed by atoms with van der Waals surface area (Å²) in [6.45, 7) is 17.6. The van der Waals surface area contributed by atoms with Crippen LogP contribution in [0.4, 0.5) is 5.69 Å². The van der Waals surface area contributed by atoms with Gasteiger partial charge in [0, 0.05) is 35.1 Å². The van der Waals surface area contributed by atoms with E-state index in [0.717, 1.165) is 57.9 Å². The van der Waals surface area contributed by atoms with Crippen LogP contribution < -0.4 is 10.5 Å². The van der Waals surface area contributed by atoms with E-state index in [1.54, 1.807) is 0 Å². The van der Waals surface area contributed by atoms with Crippen LogP contribution in [0.2, 0.25) is 0 Å². The first kappa shape index (κ1) is 26.2. The molecule has 4 heterocycles. The van der Waals surface area contributed by atoms with E-state index in [9.17, 15) is 10.1 Å². The van der Waals surface area contributed by atoms with Gasteiger partial charge in [-0.05, 0) is 57.7 Å². The molecular formula is C35H35N3O2S. The molecule has 0 N–H and O–H groups in total. The van der Waals surface area contributed by atoms with Gasteiger partial charge in [-0.25, -0.2) is 9.78 Å². The molecule has 2 aliphatic heterocycles. The molecule has 7 rings (SSSR count). The molecule has 6 heteroatoms. The number of hydrogen-bond donors (Lipinski definition) is 0. The average Bonchev–Trinajstić information content (AvgIpc) is 3.34. The molecule has 0 aliphatic carbocycles. The summed E-state index contributed by atoms with van der Waals surface area (Å²) in [6.07, 6.45) is 2.01. The van der Waals surface area contributed by atoms with E-state index in [1.807, 2.05) is 6.07 Å². The lowest BCUT2D eigenvalue weighted by Crippen LogP contribution is -2.44. The standard InChI is InChI=1S/C35H35N3O2S/c1-33(2,3)20-9-10-21-19(16-20)8-11-25-30(21)41-31(37-25)26-23(18-36)22-17-24-28-27(29(22)40-32(26)39)35(6,7)13-15-38(28)14-12-34(24,4)5/h8-11,16-17H,12-15H2,1-7H3. The van der Waals surface area contributed by atoms with E-state index in [-0.39, 0.29) is 21.8 Å². The summed E-state index contributed by atoms with van der Waals surface area (Å²) in [4.78, 5) is 21.2. The molecule has 0 amide bonds. The van der Waals surface area contributed by atoms with Crippen LogP contribution in [0, 0.1) is 11.3 Å².